The molecule has 0 spiro atoms. The zero-order chi connectivity index (χ0) is 10.7. The predicted octanol–water partition coefficient (Wildman–Crippen LogP) is -1.18. The molecule has 80 valence electrons. The highest BCUT2D eigenvalue weighted by molar-refractivity contribution is 7.71. The van der Waals surface area contributed by atoms with Gasteiger partial charge in [0.15, 0.2) is 4.77 Å². The highest BCUT2D eigenvalue weighted by atomic mass is 32.1. The summed E-state index contributed by atoms with van der Waals surface area (Å²) in [6.07, 6.45) is -2.77. The number of H-pyrrole nitrogens is 2. The molecule has 1 rings (SSSR count). The molecule has 0 aliphatic heterocycles. The van der Waals surface area contributed by atoms with Crippen LogP contribution >= 0.6 is 12.2 Å². The van der Waals surface area contributed by atoms with E-state index < -0.39 is 24.9 Å². The Hall–Kier alpha value is -0.730. The van der Waals surface area contributed by atoms with E-state index in [1.165, 1.54) is 6.20 Å². The molecule has 1 aromatic rings. The van der Waals surface area contributed by atoms with Crippen LogP contribution in [0.3, 0.4) is 0 Å². The number of aliphatic hydroxyl groups is 4. The molecular formula is C7H12N2O4S. The molecule has 0 bridgehead atoms. The Morgan fingerprint density at radius 3 is 2.43 bits per heavy atom. The molecule has 1 heterocycles. The standard InChI is InChI=1S/C7H12N2O4S/c10-2-4(11)6(13)5(12)3-1-8-7(14)9-3/h1,4-6,10-13H,2H2,(H2,8,9,14). The van der Waals surface area contributed by atoms with E-state index in [9.17, 15) is 10.2 Å². The number of hydrogen-bond acceptors (Lipinski definition) is 5. The Kier molecular flexibility index (Phi) is 3.78. The van der Waals surface area contributed by atoms with Gasteiger partial charge in [0.1, 0.15) is 18.3 Å². The maximum Gasteiger partial charge on any atom is 0.174 e. The van der Waals surface area contributed by atoms with Crippen molar-refractivity contribution < 1.29 is 20.4 Å². The Balaban J connectivity index is 2.74. The minimum absolute atomic E-state index is 0.259. The molecule has 0 aliphatic rings. The highest BCUT2D eigenvalue weighted by Crippen LogP contribution is 2.16. The molecule has 0 aliphatic carbocycles. The number of hydrogen-bond donors (Lipinski definition) is 6. The average molecular weight is 220 g/mol. The van der Waals surface area contributed by atoms with E-state index in [1.54, 1.807) is 0 Å². The van der Waals surface area contributed by atoms with Gasteiger partial charge in [0.2, 0.25) is 0 Å². The van der Waals surface area contributed by atoms with E-state index in [0.717, 1.165) is 0 Å². The Morgan fingerprint density at radius 1 is 1.36 bits per heavy atom. The van der Waals surface area contributed by atoms with Crippen LogP contribution in [0.4, 0.5) is 0 Å². The largest absolute Gasteiger partial charge is 0.394 e. The van der Waals surface area contributed by atoms with Gasteiger partial charge in [0.05, 0.1) is 12.3 Å². The summed E-state index contributed by atoms with van der Waals surface area (Å²) >= 11 is 4.72. The van der Waals surface area contributed by atoms with Crippen molar-refractivity contribution in [1.29, 1.82) is 0 Å². The summed E-state index contributed by atoms with van der Waals surface area (Å²) in [5, 5.41) is 36.4. The van der Waals surface area contributed by atoms with Crippen LogP contribution in [-0.2, 0) is 0 Å². The van der Waals surface area contributed by atoms with Crippen LogP contribution in [0, 0.1) is 4.77 Å². The molecule has 1 aromatic heterocycles. The van der Waals surface area contributed by atoms with E-state index >= 15 is 0 Å². The van der Waals surface area contributed by atoms with Crippen molar-refractivity contribution in [1.82, 2.24) is 9.97 Å². The van der Waals surface area contributed by atoms with Crippen molar-refractivity contribution in [3.8, 4) is 0 Å². The number of aliphatic hydroxyl groups excluding tert-OH is 4. The Labute approximate surface area is 84.9 Å². The van der Waals surface area contributed by atoms with Crippen molar-refractivity contribution in [3.63, 3.8) is 0 Å². The van der Waals surface area contributed by atoms with E-state index in [1.807, 2.05) is 0 Å². The molecule has 0 saturated carbocycles. The lowest BCUT2D eigenvalue weighted by Crippen LogP contribution is -2.34. The first-order valence-electron chi connectivity index (χ1n) is 3.99. The molecular weight excluding hydrogens is 208 g/mol. The third-order valence-electron chi connectivity index (χ3n) is 1.84. The molecule has 0 saturated heterocycles. The molecule has 0 fully saturated rings. The molecule has 3 unspecified atom stereocenters. The summed E-state index contributed by atoms with van der Waals surface area (Å²) in [6.45, 7) is -0.622. The lowest BCUT2D eigenvalue weighted by Gasteiger charge is -2.20. The van der Waals surface area contributed by atoms with Gasteiger partial charge in [-0.1, -0.05) is 0 Å². The van der Waals surface area contributed by atoms with Crippen LogP contribution in [0.25, 0.3) is 0 Å². The van der Waals surface area contributed by atoms with Crippen molar-refractivity contribution in [3.05, 3.63) is 16.7 Å². The van der Waals surface area contributed by atoms with Crippen LogP contribution in [0.15, 0.2) is 6.20 Å². The smallest absolute Gasteiger partial charge is 0.174 e. The molecule has 6 N–H and O–H groups in total. The second-order valence-corrected chi connectivity index (χ2v) is 3.29. The summed E-state index contributed by atoms with van der Waals surface area (Å²) in [7, 11) is 0. The van der Waals surface area contributed by atoms with E-state index in [4.69, 9.17) is 22.4 Å². The van der Waals surface area contributed by atoms with Gasteiger partial charge < -0.3 is 30.4 Å². The first-order valence-corrected chi connectivity index (χ1v) is 4.39. The van der Waals surface area contributed by atoms with Gasteiger partial charge >= 0.3 is 0 Å². The van der Waals surface area contributed by atoms with Gasteiger partial charge in [-0.2, -0.15) is 0 Å². The SMILES string of the molecule is OCC(O)C(O)C(O)c1c[nH]c(=S)[nH]1. The summed E-state index contributed by atoms with van der Waals surface area (Å²) in [5.41, 5.74) is 0.259. The van der Waals surface area contributed by atoms with Gasteiger partial charge in [-0.25, -0.2) is 0 Å². The van der Waals surface area contributed by atoms with Gasteiger partial charge in [-0.15, -0.1) is 0 Å². The van der Waals surface area contributed by atoms with E-state index in [2.05, 4.69) is 9.97 Å². The van der Waals surface area contributed by atoms with Gasteiger partial charge in [-0.3, -0.25) is 0 Å². The summed E-state index contributed by atoms with van der Waals surface area (Å²) < 4.78 is 0.310. The first kappa shape index (κ1) is 11.3. The first-order chi connectivity index (χ1) is 6.56. The molecule has 0 aromatic carbocycles. The fraction of sp³-hybridized carbons (Fsp3) is 0.571. The minimum Gasteiger partial charge on any atom is -0.394 e. The van der Waals surface area contributed by atoms with Crippen LogP contribution in [0.1, 0.15) is 11.8 Å². The lowest BCUT2D eigenvalue weighted by atomic mass is 10.1. The van der Waals surface area contributed by atoms with Crippen LogP contribution in [0.5, 0.6) is 0 Å². The number of imidazole rings is 1. The molecule has 6 nitrogen and oxygen atoms in total. The summed E-state index contributed by atoms with van der Waals surface area (Å²) in [4.78, 5) is 5.20. The van der Waals surface area contributed by atoms with Crippen LogP contribution in [-0.4, -0.2) is 49.2 Å². The summed E-state index contributed by atoms with van der Waals surface area (Å²) in [5.74, 6) is 0. The van der Waals surface area contributed by atoms with Gasteiger partial charge in [0, 0.05) is 6.20 Å². The van der Waals surface area contributed by atoms with Crippen molar-refractivity contribution in [2.45, 2.75) is 18.3 Å². The molecule has 0 amide bonds. The van der Waals surface area contributed by atoms with Crippen molar-refractivity contribution >= 4 is 12.2 Å². The highest BCUT2D eigenvalue weighted by Gasteiger charge is 2.26. The normalized spacial score (nSPS) is 17.7. The second kappa shape index (κ2) is 4.67. The quantitative estimate of drug-likeness (QED) is 0.358. The lowest BCUT2D eigenvalue weighted by molar-refractivity contribution is -0.0788. The van der Waals surface area contributed by atoms with E-state index in [-0.39, 0.29) is 5.69 Å². The van der Waals surface area contributed by atoms with Crippen molar-refractivity contribution in [2.24, 2.45) is 0 Å². The maximum atomic E-state index is 9.49. The topological polar surface area (TPSA) is 112 Å². The molecule has 7 heteroatoms. The number of aromatic nitrogens is 2. The average Bonchev–Trinajstić information content (AvgIpc) is 2.61. The summed E-state index contributed by atoms with van der Waals surface area (Å²) in [6, 6.07) is 0. The third kappa shape index (κ3) is 2.40. The second-order valence-electron chi connectivity index (χ2n) is 2.88. The fourth-order valence-electron chi connectivity index (χ4n) is 1.01. The minimum atomic E-state index is -1.46. The predicted molar refractivity (Wildman–Crippen MR) is 50.0 cm³/mol. The van der Waals surface area contributed by atoms with Crippen molar-refractivity contribution in [2.75, 3.05) is 6.61 Å². The zero-order valence-corrected chi connectivity index (χ0v) is 8.03. The van der Waals surface area contributed by atoms with Crippen LogP contribution in [0.2, 0.25) is 0 Å². The van der Waals surface area contributed by atoms with Gasteiger partial charge in [-0.05, 0) is 12.2 Å². The Morgan fingerprint density at radius 2 is 2.00 bits per heavy atom. The van der Waals surface area contributed by atoms with Crippen LogP contribution < -0.4 is 0 Å². The fourth-order valence-corrected chi connectivity index (χ4v) is 1.19. The molecule has 0 radical (unpaired) electrons. The Bertz CT molecular complexity index is 336. The number of rotatable bonds is 4. The molecule has 14 heavy (non-hydrogen) atoms. The number of nitrogens with one attached hydrogen (secondary N) is 2. The molecule has 3 atom stereocenters. The number of aromatic amines is 2. The zero-order valence-electron chi connectivity index (χ0n) is 7.21. The third-order valence-corrected chi connectivity index (χ3v) is 2.06. The monoisotopic (exact) mass is 220 g/mol. The van der Waals surface area contributed by atoms with E-state index in [0.29, 0.717) is 4.77 Å². The maximum absolute atomic E-state index is 9.49. The van der Waals surface area contributed by atoms with Gasteiger partial charge in [0.25, 0.3) is 0 Å².